The molecule has 186 valence electrons. The van der Waals surface area contributed by atoms with Crippen LogP contribution in [0.1, 0.15) is 17.3 Å². The highest BCUT2D eigenvalue weighted by Gasteiger charge is 2.22. The first-order valence-corrected chi connectivity index (χ1v) is 12.1. The van der Waals surface area contributed by atoms with E-state index in [0.717, 1.165) is 41.4 Å². The molecule has 2 amide bonds. The molecule has 0 bridgehead atoms. The van der Waals surface area contributed by atoms with E-state index >= 15 is 0 Å². The zero-order chi connectivity index (χ0) is 25.6. The fourth-order valence-electron chi connectivity index (χ4n) is 4.24. The number of carbonyl (C=O) groups is 2. The second-order valence-electron chi connectivity index (χ2n) is 8.71. The largest absolute Gasteiger partial charge is 0.368 e. The molecule has 0 saturated carbocycles. The van der Waals surface area contributed by atoms with Crippen molar-refractivity contribution in [2.45, 2.75) is 6.92 Å². The normalized spacial score (nSPS) is 13.2. The lowest BCUT2D eigenvalue weighted by Gasteiger charge is -2.36. The lowest BCUT2D eigenvalue weighted by Crippen LogP contribution is -2.48. The summed E-state index contributed by atoms with van der Waals surface area (Å²) in [5, 5.41) is 6.03. The summed E-state index contributed by atoms with van der Waals surface area (Å²) in [6.07, 6.45) is 5.01. The van der Waals surface area contributed by atoms with E-state index in [0.29, 0.717) is 24.6 Å². The number of pyridine rings is 1. The number of rotatable bonds is 6. The van der Waals surface area contributed by atoms with E-state index in [1.54, 1.807) is 30.7 Å². The number of amides is 2. The Labute approximate surface area is 215 Å². The van der Waals surface area contributed by atoms with Crippen molar-refractivity contribution in [2.24, 2.45) is 0 Å². The quantitative estimate of drug-likeness (QED) is 0.415. The molecule has 5 rings (SSSR count). The first-order chi connectivity index (χ1) is 18.0. The van der Waals surface area contributed by atoms with Crippen LogP contribution in [0.2, 0.25) is 0 Å². The highest BCUT2D eigenvalue weighted by atomic mass is 16.2. The van der Waals surface area contributed by atoms with Crippen LogP contribution in [0.3, 0.4) is 0 Å². The molecule has 1 aliphatic rings. The smallest absolute Gasteiger partial charge is 0.254 e. The van der Waals surface area contributed by atoms with Crippen LogP contribution >= 0.6 is 0 Å². The van der Waals surface area contributed by atoms with Crippen LogP contribution in [0.5, 0.6) is 0 Å². The number of hydrogen-bond acceptors (Lipinski definition) is 7. The summed E-state index contributed by atoms with van der Waals surface area (Å²) < 4.78 is 0. The molecule has 0 atom stereocenters. The van der Waals surface area contributed by atoms with Crippen molar-refractivity contribution in [3.8, 4) is 11.3 Å². The first kappa shape index (κ1) is 23.9. The van der Waals surface area contributed by atoms with E-state index in [-0.39, 0.29) is 11.8 Å². The van der Waals surface area contributed by atoms with Crippen LogP contribution in [0, 0.1) is 0 Å². The molecule has 2 aromatic heterocycles. The molecule has 4 aromatic rings. The average molecular weight is 494 g/mol. The molecule has 1 aliphatic heterocycles. The fourth-order valence-corrected chi connectivity index (χ4v) is 4.24. The third-order valence-electron chi connectivity index (χ3n) is 6.14. The minimum Gasteiger partial charge on any atom is -0.368 e. The minimum absolute atomic E-state index is 0.0486. The molecule has 0 radical (unpaired) electrons. The molecule has 1 fully saturated rings. The highest BCUT2D eigenvalue weighted by molar-refractivity contribution is 5.94. The topological polar surface area (TPSA) is 103 Å². The van der Waals surface area contributed by atoms with Gasteiger partial charge in [-0.1, -0.05) is 12.1 Å². The standard InChI is InChI=1S/C28H27N7O2/c1-20(36)31-23-4-2-21(3-5-23)26-12-15-30-28(33-26)32-24-6-8-25(9-7-24)34-16-18-35(19-17-34)27(37)22-10-13-29-14-11-22/h2-15H,16-19H2,1H3,(H,31,36)(H,30,32,33). The summed E-state index contributed by atoms with van der Waals surface area (Å²) in [6.45, 7) is 4.38. The first-order valence-electron chi connectivity index (χ1n) is 12.1. The number of nitrogens with zero attached hydrogens (tertiary/aromatic N) is 5. The zero-order valence-electron chi connectivity index (χ0n) is 20.5. The van der Waals surface area contributed by atoms with Gasteiger partial charge >= 0.3 is 0 Å². The van der Waals surface area contributed by atoms with Gasteiger partial charge in [-0.25, -0.2) is 9.97 Å². The number of aromatic nitrogens is 3. The lowest BCUT2D eigenvalue weighted by molar-refractivity contribution is -0.114. The summed E-state index contributed by atoms with van der Waals surface area (Å²) in [5.74, 6) is 0.442. The molecule has 0 spiro atoms. The number of anilines is 4. The summed E-state index contributed by atoms with van der Waals surface area (Å²) in [4.78, 5) is 41.0. The molecule has 2 aromatic carbocycles. The Bertz CT molecular complexity index is 1370. The molecule has 0 unspecified atom stereocenters. The number of nitrogens with one attached hydrogen (secondary N) is 2. The van der Waals surface area contributed by atoms with Crippen molar-refractivity contribution in [3.63, 3.8) is 0 Å². The number of carbonyl (C=O) groups excluding carboxylic acids is 2. The van der Waals surface area contributed by atoms with Crippen molar-refractivity contribution in [2.75, 3.05) is 41.7 Å². The Morgan fingerprint density at radius 1 is 0.784 bits per heavy atom. The SMILES string of the molecule is CC(=O)Nc1ccc(-c2ccnc(Nc3ccc(N4CCN(C(=O)c5ccncc5)CC4)cc3)n2)cc1. The maximum atomic E-state index is 12.7. The number of piperazine rings is 1. The molecule has 2 N–H and O–H groups in total. The van der Waals surface area contributed by atoms with Crippen molar-refractivity contribution >= 4 is 34.8 Å². The van der Waals surface area contributed by atoms with E-state index in [9.17, 15) is 9.59 Å². The Hall–Kier alpha value is -4.79. The fraction of sp³-hybridized carbons (Fsp3) is 0.179. The Kier molecular flexibility index (Phi) is 7.02. The van der Waals surface area contributed by atoms with Crippen molar-refractivity contribution in [1.82, 2.24) is 19.9 Å². The third kappa shape index (κ3) is 5.90. The van der Waals surface area contributed by atoms with Gasteiger partial charge in [0, 0.05) is 79.9 Å². The van der Waals surface area contributed by atoms with Crippen LogP contribution in [-0.4, -0.2) is 57.8 Å². The van der Waals surface area contributed by atoms with Gasteiger partial charge in [-0.05, 0) is 54.6 Å². The van der Waals surface area contributed by atoms with Gasteiger partial charge in [0.05, 0.1) is 5.69 Å². The van der Waals surface area contributed by atoms with Gasteiger partial charge in [-0.2, -0.15) is 0 Å². The van der Waals surface area contributed by atoms with Gasteiger partial charge in [0.15, 0.2) is 0 Å². The van der Waals surface area contributed by atoms with Crippen LogP contribution in [-0.2, 0) is 4.79 Å². The van der Waals surface area contributed by atoms with Crippen LogP contribution in [0.25, 0.3) is 11.3 Å². The van der Waals surface area contributed by atoms with Gasteiger partial charge in [0.1, 0.15) is 0 Å². The molecule has 37 heavy (non-hydrogen) atoms. The predicted octanol–water partition coefficient (Wildman–Crippen LogP) is 4.20. The summed E-state index contributed by atoms with van der Waals surface area (Å²) in [7, 11) is 0. The van der Waals surface area contributed by atoms with E-state index in [4.69, 9.17) is 0 Å². The van der Waals surface area contributed by atoms with E-state index in [1.165, 1.54) is 6.92 Å². The number of benzene rings is 2. The van der Waals surface area contributed by atoms with Gasteiger partial charge in [0.25, 0.3) is 5.91 Å². The number of hydrogen-bond donors (Lipinski definition) is 2. The second kappa shape index (κ2) is 10.9. The molecule has 9 heteroatoms. The predicted molar refractivity (Wildman–Crippen MR) is 144 cm³/mol. The molecular weight excluding hydrogens is 466 g/mol. The van der Waals surface area contributed by atoms with Crippen LogP contribution in [0.15, 0.2) is 85.3 Å². The Morgan fingerprint density at radius 3 is 2.14 bits per heavy atom. The van der Waals surface area contributed by atoms with Gasteiger partial charge in [0.2, 0.25) is 11.9 Å². The highest BCUT2D eigenvalue weighted by Crippen LogP contribution is 2.24. The second-order valence-corrected chi connectivity index (χ2v) is 8.71. The van der Waals surface area contributed by atoms with Gasteiger partial charge < -0.3 is 20.4 Å². The molecule has 0 aliphatic carbocycles. The van der Waals surface area contributed by atoms with Crippen molar-refractivity contribution < 1.29 is 9.59 Å². The average Bonchev–Trinajstić information content (AvgIpc) is 2.94. The van der Waals surface area contributed by atoms with Crippen molar-refractivity contribution in [1.29, 1.82) is 0 Å². The Morgan fingerprint density at radius 2 is 1.46 bits per heavy atom. The lowest BCUT2D eigenvalue weighted by atomic mass is 10.1. The summed E-state index contributed by atoms with van der Waals surface area (Å²) in [6, 6.07) is 21.0. The minimum atomic E-state index is -0.106. The third-order valence-corrected chi connectivity index (χ3v) is 6.14. The molecular formula is C28H27N7O2. The zero-order valence-corrected chi connectivity index (χ0v) is 20.5. The summed E-state index contributed by atoms with van der Waals surface area (Å²) in [5.41, 5.74) is 5.11. The molecule has 1 saturated heterocycles. The van der Waals surface area contributed by atoms with Crippen LogP contribution in [0.4, 0.5) is 23.0 Å². The van der Waals surface area contributed by atoms with Gasteiger partial charge in [-0.3, -0.25) is 14.6 Å². The monoisotopic (exact) mass is 493 g/mol. The van der Waals surface area contributed by atoms with E-state index in [1.807, 2.05) is 47.4 Å². The van der Waals surface area contributed by atoms with Crippen LogP contribution < -0.4 is 15.5 Å². The summed E-state index contributed by atoms with van der Waals surface area (Å²) >= 11 is 0. The molecule has 3 heterocycles. The molecule has 9 nitrogen and oxygen atoms in total. The van der Waals surface area contributed by atoms with Gasteiger partial charge in [-0.15, -0.1) is 0 Å². The maximum absolute atomic E-state index is 12.7. The van der Waals surface area contributed by atoms with E-state index < -0.39 is 0 Å². The Balaban J connectivity index is 1.19. The van der Waals surface area contributed by atoms with E-state index in [2.05, 4.69) is 42.6 Å². The maximum Gasteiger partial charge on any atom is 0.254 e. The van der Waals surface area contributed by atoms with Crippen molar-refractivity contribution in [3.05, 3.63) is 90.9 Å².